The number of aromatic nitrogens is 4. The lowest BCUT2D eigenvalue weighted by atomic mass is 10.1. The average molecular weight is 420 g/mol. The fraction of sp³-hybridized carbons (Fsp3) is 0.0909. The van der Waals surface area contributed by atoms with Crippen LogP contribution in [0.2, 0.25) is 0 Å². The van der Waals surface area contributed by atoms with Gasteiger partial charge in [0.15, 0.2) is 5.69 Å². The number of hydrogen-bond donors (Lipinski definition) is 2. The maximum Gasteiger partial charge on any atom is 0.340 e. The average Bonchev–Trinajstić information content (AvgIpc) is 3.19. The van der Waals surface area contributed by atoms with Crippen LogP contribution in [0, 0.1) is 11.3 Å². The number of nitriles is 1. The highest BCUT2D eigenvalue weighted by Gasteiger charge is 2.23. The van der Waals surface area contributed by atoms with Crippen LogP contribution in [0.25, 0.3) is 22.8 Å². The van der Waals surface area contributed by atoms with E-state index in [4.69, 9.17) is 5.26 Å². The van der Waals surface area contributed by atoms with Crippen LogP contribution in [-0.2, 0) is 6.42 Å². The van der Waals surface area contributed by atoms with Crippen LogP contribution in [0.1, 0.15) is 12.0 Å². The van der Waals surface area contributed by atoms with Gasteiger partial charge >= 0.3 is 5.82 Å². The van der Waals surface area contributed by atoms with E-state index in [1.807, 2.05) is 24.3 Å². The number of benzene rings is 3. The van der Waals surface area contributed by atoms with Crippen LogP contribution in [0.3, 0.4) is 0 Å². The largest absolute Gasteiger partial charge is 1.00 e. The van der Waals surface area contributed by atoms with E-state index in [-0.39, 0.29) is 23.9 Å². The van der Waals surface area contributed by atoms with Gasteiger partial charge in [0.05, 0.1) is 16.7 Å². The van der Waals surface area contributed by atoms with Gasteiger partial charge in [-0.25, -0.2) is 0 Å². The molecule has 3 aromatic carbocycles. The van der Waals surface area contributed by atoms with Crippen LogP contribution in [-0.4, -0.2) is 25.2 Å². The van der Waals surface area contributed by atoms with Gasteiger partial charge in [0.2, 0.25) is 0 Å². The molecule has 0 fully saturated rings. The second-order valence-electron chi connectivity index (χ2n) is 6.49. The van der Waals surface area contributed by atoms with Crippen molar-refractivity contribution in [1.82, 2.24) is 15.0 Å². The minimum absolute atomic E-state index is 0. The van der Waals surface area contributed by atoms with E-state index in [1.165, 1.54) is 0 Å². The van der Waals surface area contributed by atoms with E-state index in [0.717, 1.165) is 22.5 Å². The lowest BCUT2D eigenvalue weighted by molar-refractivity contribution is -0.734. The highest BCUT2D eigenvalue weighted by atomic mass is 35.5. The van der Waals surface area contributed by atoms with Gasteiger partial charge in [0.25, 0.3) is 0 Å². The van der Waals surface area contributed by atoms with Gasteiger partial charge in [0.1, 0.15) is 17.2 Å². The van der Waals surface area contributed by atoms with Crippen molar-refractivity contribution in [3.63, 3.8) is 0 Å². The van der Waals surface area contributed by atoms with Crippen molar-refractivity contribution < 1.29 is 27.4 Å². The molecule has 2 N–H and O–H groups in total. The van der Waals surface area contributed by atoms with Crippen LogP contribution >= 0.6 is 0 Å². The molecule has 0 amide bonds. The number of halogens is 1. The summed E-state index contributed by atoms with van der Waals surface area (Å²) in [5, 5.41) is 37.2. The second kappa shape index (κ2) is 9.07. The van der Waals surface area contributed by atoms with E-state index in [2.05, 4.69) is 16.3 Å². The van der Waals surface area contributed by atoms with Gasteiger partial charge in [0, 0.05) is 11.2 Å². The van der Waals surface area contributed by atoms with Crippen LogP contribution in [0.4, 0.5) is 0 Å². The minimum Gasteiger partial charge on any atom is -1.00 e. The molecule has 8 heteroatoms. The molecule has 0 aliphatic rings. The summed E-state index contributed by atoms with van der Waals surface area (Å²) in [6.45, 7) is 0. The fourth-order valence-electron chi connectivity index (χ4n) is 2.93. The molecule has 0 radical (unpaired) electrons. The molecule has 0 unspecified atom stereocenters. The Morgan fingerprint density at radius 1 is 0.867 bits per heavy atom. The lowest BCUT2D eigenvalue weighted by Gasteiger charge is -2.00. The molecule has 0 atom stereocenters. The Balaban J connectivity index is 0.00000256. The zero-order valence-electron chi connectivity index (χ0n) is 15.9. The summed E-state index contributed by atoms with van der Waals surface area (Å²) in [6.07, 6.45) is 1.19. The smallest absolute Gasteiger partial charge is 0.340 e. The monoisotopic (exact) mass is 419 g/mol. The Kier molecular flexibility index (Phi) is 6.30. The molecule has 150 valence electrons. The molecule has 30 heavy (non-hydrogen) atoms. The summed E-state index contributed by atoms with van der Waals surface area (Å²) in [5.41, 5.74) is 3.37. The van der Waals surface area contributed by atoms with Crippen molar-refractivity contribution in [3.05, 3.63) is 78.4 Å². The predicted molar refractivity (Wildman–Crippen MR) is 106 cm³/mol. The van der Waals surface area contributed by atoms with Crippen LogP contribution in [0.5, 0.6) is 11.5 Å². The normalized spacial score (nSPS) is 10.2. The number of phenolic OH excluding ortho intramolecular Hbond substituents is 2. The van der Waals surface area contributed by atoms with Crippen molar-refractivity contribution in [2.75, 3.05) is 0 Å². The first kappa shape index (κ1) is 20.8. The topological polar surface area (TPSA) is 98.8 Å². The second-order valence-corrected chi connectivity index (χ2v) is 6.49. The molecule has 4 rings (SSSR count). The van der Waals surface area contributed by atoms with Crippen LogP contribution in [0.15, 0.2) is 72.8 Å². The molecule has 0 bridgehead atoms. The Bertz CT molecular complexity index is 1100. The van der Waals surface area contributed by atoms with Crippen molar-refractivity contribution in [1.29, 1.82) is 5.26 Å². The molecule has 1 aromatic heterocycles. The van der Waals surface area contributed by atoms with E-state index < -0.39 is 0 Å². The Labute approximate surface area is 179 Å². The summed E-state index contributed by atoms with van der Waals surface area (Å²) in [4.78, 5) is 3.26. The number of phenols is 2. The molecular weight excluding hydrogens is 402 g/mol. The summed E-state index contributed by atoms with van der Waals surface area (Å²) in [6, 6.07) is 23.3. The zero-order valence-corrected chi connectivity index (χ0v) is 16.6. The highest BCUT2D eigenvalue weighted by Crippen LogP contribution is 2.18. The van der Waals surface area contributed by atoms with Gasteiger partial charge in [-0.3, -0.25) is 0 Å². The predicted octanol–water partition coefficient (Wildman–Crippen LogP) is 0.0824. The van der Waals surface area contributed by atoms with E-state index >= 15 is 0 Å². The quantitative estimate of drug-likeness (QED) is 0.446. The van der Waals surface area contributed by atoms with E-state index in [1.54, 1.807) is 58.1 Å². The van der Waals surface area contributed by atoms with Gasteiger partial charge in [-0.2, -0.15) is 5.26 Å². The lowest BCUT2D eigenvalue weighted by Crippen LogP contribution is -3.00. The third-order valence-electron chi connectivity index (χ3n) is 4.46. The van der Waals surface area contributed by atoms with Crippen molar-refractivity contribution >= 4 is 0 Å². The molecular formula is C22H18ClN5O2. The molecule has 0 saturated heterocycles. The van der Waals surface area contributed by atoms with Gasteiger partial charge < -0.3 is 22.6 Å². The summed E-state index contributed by atoms with van der Waals surface area (Å²) >= 11 is 0. The molecule has 0 aliphatic carbocycles. The maximum atomic E-state index is 9.59. The number of nitrogens with zero attached hydrogens (tertiary/aromatic N) is 5. The van der Waals surface area contributed by atoms with E-state index in [0.29, 0.717) is 18.7 Å². The first-order chi connectivity index (χ1) is 14.1. The number of hydrogen-bond acceptors (Lipinski definition) is 5. The molecule has 4 aromatic rings. The van der Waals surface area contributed by atoms with Crippen molar-refractivity contribution in [2.45, 2.75) is 12.8 Å². The Hall–Kier alpha value is -3.89. The number of aromatic hydroxyl groups is 2. The van der Waals surface area contributed by atoms with Gasteiger partial charge in [-0.15, -0.1) is 0 Å². The van der Waals surface area contributed by atoms with Crippen LogP contribution < -0.4 is 17.2 Å². The summed E-state index contributed by atoms with van der Waals surface area (Å²) in [7, 11) is 0. The Morgan fingerprint density at radius 2 is 1.47 bits per heavy atom. The first-order valence-electron chi connectivity index (χ1n) is 9.09. The SMILES string of the molecule is N#CCCc1ccc(-c2nn(-c3ccc(O)cc3)[n+](-c3ccc(O)cc3)n2)cc1.[Cl-]. The molecule has 0 spiro atoms. The Morgan fingerprint density at radius 3 is 2.07 bits per heavy atom. The molecule has 0 aliphatic heterocycles. The minimum atomic E-state index is 0. The number of rotatable bonds is 5. The summed E-state index contributed by atoms with van der Waals surface area (Å²) in [5.74, 6) is 0.856. The third kappa shape index (κ3) is 4.40. The molecule has 7 nitrogen and oxygen atoms in total. The zero-order chi connectivity index (χ0) is 20.2. The molecule has 1 heterocycles. The summed E-state index contributed by atoms with van der Waals surface area (Å²) < 4.78 is 0. The first-order valence-corrected chi connectivity index (χ1v) is 9.09. The van der Waals surface area contributed by atoms with Crippen molar-refractivity contribution in [3.8, 4) is 40.3 Å². The van der Waals surface area contributed by atoms with E-state index in [9.17, 15) is 10.2 Å². The maximum absolute atomic E-state index is 9.59. The van der Waals surface area contributed by atoms with Crippen molar-refractivity contribution in [2.24, 2.45) is 0 Å². The van der Waals surface area contributed by atoms with Gasteiger partial charge in [-0.05, 0) is 82.5 Å². The third-order valence-corrected chi connectivity index (χ3v) is 4.46. The number of tetrazole rings is 1. The number of aryl methyl sites for hydroxylation is 1. The fourth-order valence-corrected chi connectivity index (χ4v) is 2.93. The highest BCUT2D eigenvalue weighted by molar-refractivity contribution is 5.54. The standard InChI is InChI=1S/C22H17N5O2.ClH/c23-15-1-2-16-3-5-17(6-4-16)22-24-26(18-7-11-20(28)12-8-18)27(25-22)19-9-13-21(29)14-10-19;/h3-14H,1-2H2,(H-,24,25,28,29);1H. The van der Waals surface area contributed by atoms with Gasteiger partial charge in [-0.1, -0.05) is 12.1 Å². The molecule has 0 saturated carbocycles.